The number of hydrogen-bond donors (Lipinski definition) is 1. The zero-order valence-electron chi connectivity index (χ0n) is 14.3. The van der Waals surface area contributed by atoms with E-state index >= 15 is 0 Å². The van der Waals surface area contributed by atoms with Crippen LogP contribution in [0.3, 0.4) is 0 Å². The summed E-state index contributed by atoms with van der Waals surface area (Å²) in [5.74, 6) is 1.02. The Morgan fingerprint density at radius 3 is 2.57 bits per heavy atom. The topological polar surface area (TPSA) is 45.5 Å². The summed E-state index contributed by atoms with van der Waals surface area (Å²) in [6.07, 6.45) is 6.15. The van der Waals surface area contributed by atoms with Gasteiger partial charge >= 0.3 is 0 Å². The minimum Gasteiger partial charge on any atom is -0.356 e. The summed E-state index contributed by atoms with van der Waals surface area (Å²) in [5.41, 5.74) is 1.78. The summed E-state index contributed by atoms with van der Waals surface area (Å²) in [4.78, 5) is 6.81. The fourth-order valence-corrected chi connectivity index (χ4v) is 2.79. The largest absolute Gasteiger partial charge is 0.356 e. The molecule has 0 bridgehead atoms. The number of nitrogens with zero attached hydrogens (tertiary/aromatic N) is 4. The molecule has 0 aromatic carbocycles. The maximum Gasteiger partial charge on any atom is 0.194 e. The van der Waals surface area contributed by atoms with Crippen LogP contribution >= 0.6 is 0 Å². The first-order valence-corrected chi connectivity index (χ1v) is 7.74. The minimum atomic E-state index is 0.151. The molecule has 1 N–H and O–H groups in total. The molecule has 1 aromatic heterocycles. The average Bonchev–Trinajstić information content (AvgIpc) is 2.83. The number of aromatic nitrogens is 2. The third-order valence-corrected chi connectivity index (χ3v) is 5.04. The molecular weight excluding hydrogens is 262 g/mol. The summed E-state index contributed by atoms with van der Waals surface area (Å²) < 4.78 is 1.85. The van der Waals surface area contributed by atoms with E-state index in [1.165, 1.54) is 5.56 Å². The lowest BCUT2D eigenvalue weighted by Crippen LogP contribution is -2.72. The molecule has 1 saturated heterocycles. The van der Waals surface area contributed by atoms with Gasteiger partial charge in [0.1, 0.15) is 0 Å². The Morgan fingerprint density at radius 2 is 2.10 bits per heavy atom. The van der Waals surface area contributed by atoms with Gasteiger partial charge in [-0.3, -0.25) is 9.67 Å². The van der Waals surface area contributed by atoms with Crippen LogP contribution in [-0.2, 0) is 13.5 Å². The molecular formula is C16H29N5. The molecule has 118 valence electrons. The molecule has 2 heterocycles. The van der Waals surface area contributed by atoms with Gasteiger partial charge < -0.3 is 10.2 Å². The maximum atomic E-state index is 4.43. The van der Waals surface area contributed by atoms with Gasteiger partial charge in [0, 0.05) is 44.3 Å². The zero-order valence-corrected chi connectivity index (χ0v) is 14.3. The standard InChI is InChI=1S/C16H29N5/c1-15(2)12-21(16(15,3)4)14(17-5)18-9-7-8-13-10-19-20(6)11-13/h10-11H,7-9,12H2,1-6H3,(H,17,18). The minimum absolute atomic E-state index is 0.151. The number of aryl methyl sites for hydroxylation is 2. The lowest BCUT2D eigenvalue weighted by atomic mass is 9.65. The van der Waals surface area contributed by atoms with Crippen LogP contribution in [0.1, 0.15) is 39.7 Å². The molecule has 0 spiro atoms. The van der Waals surface area contributed by atoms with E-state index in [2.05, 4.69) is 54.2 Å². The summed E-state index contributed by atoms with van der Waals surface area (Å²) in [6, 6.07) is 0. The normalized spacial score (nSPS) is 20.3. The van der Waals surface area contributed by atoms with Gasteiger partial charge in [0.05, 0.1) is 6.20 Å². The van der Waals surface area contributed by atoms with Crippen molar-refractivity contribution >= 4 is 5.96 Å². The molecule has 21 heavy (non-hydrogen) atoms. The third-order valence-electron chi connectivity index (χ3n) is 5.04. The Labute approximate surface area is 128 Å². The van der Waals surface area contributed by atoms with E-state index in [-0.39, 0.29) is 5.54 Å². The number of guanidine groups is 1. The summed E-state index contributed by atoms with van der Waals surface area (Å²) in [6.45, 7) is 11.2. The van der Waals surface area contributed by atoms with E-state index in [4.69, 9.17) is 0 Å². The van der Waals surface area contributed by atoms with Gasteiger partial charge in [-0.1, -0.05) is 13.8 Å². The van der Waals surface area contributed by atoms with E-state index in [1.54, 1.807) is 0 Å². The third kappa shape index (κ3) is 3.06. The van der Waals surface area contributed by atoms with E-state index in [0.29, 0.717) is 5.41 Å². The van der Waals surface area contributed by atoms with Crippen LogP contribution in [-0.4, -0.2) is 46.3 Å². The number of hydrogen-bond acceptors (Lipinski definition) is 2. The van der Waals surface area contributed by atoms with Crippen molar-refractivity contribution < 1.29 is 0 Å². The summed E-state index contributed by atoms with van der Waals surface area (Å²) >= 11 is 0. The van der Waals surface area contributed by atoms with Gasteiger partial charge in [-0.05, 0) is 32.3 Å². The highest BCUT2D eigenvalue weighted by atomic mass is 15.4. The number of aliphatic imine (C=N–C) groups is 1. The Morgan fingerprint density at radius 1 is 1.38 bits per heavy atom. The zero-order chi connectivity index (χ0) is 15.7. The van der Waals surface area contributed by atoms with E-state index in [1.807, 2.05) is 25.0 Å². The first kappa shape index (κ1) is 15.9. The van der Waals surface area contributed by atoms with Crippen LogP contribution in [0.5, 0.6) is 0 Å². The SMILES string of the molecule is CN=C(NCCCc1cnn(C)c1)N1CC(C)(C)C1(C)C. The molecule has 1 fully saturated rings. The maximum absolute atomic E-state index is 4.43. The van der Waals surface area contributed by atoms with E-state index in [9.17, 15) is 0 Å². The number of nitrogens with one attached hydrogen (secondary N) is 1. The molecule has 1 aliphatic heterocycles. The quantitative estimate of drug-likeness (QED) is 0.524. The van der Waals surface area contributed by atoms with Crippen LogP contribution < -0.4 is 5.32 Å². The van der Waals surface area contributed by atoms with Crippen molar-refractivity contribution in [2.45, 2.75) is 46.1 Å². The van der Waals surface area contributed by atoms with Crippen LogP contribution in [0.2, 0.25) is 0 Å². The predicted octanol–water partition coefficient (Wildman–Crippen LogP) is 2.05. The molecule has 0 saturated carbocycles. The summed E-state index contributed by atoms with van der Waals surface area (Å²) in [5, 5.41) is 7.69. The molecule has 0 radical (unpaired) electrons. The molecule has 1 aromatic rings. The number of likely N-dealkylation sites (tertiary alicyclic amines) is 1. The van der Waals surface area contributed by atoms with Gasteiger partial charge in [-0.25, -0.2) is 0 Å². The highest BCUT2D eigenvalue weighted by molar-refractivity contribution is 5.81. The smallest absolute Gasteiger partial charge is 0.194 e. The second-order valence-corrected chi connectivity index (χ2v) is 7.13. The fourth-order valence-electron chi connectivity index (χ4n) is 2.79. The molecule has 2 rings (SSSR count). The predicted molar refractivity (Wildman–Crippen MR) is 87.5 cm³/mol. The number of rotatable bonds is 4. The summed E-state index contributed by atoms with van der Waals surface area (Å²) in [7, 11) is 3.82. The molecule has 0 unspecified atom stereocenters. The Hall–Kier alpha value is -1.52. The van der Waals surface area contributed by atoms with Gasteiger partial charge in [-0.2, -0.15) is 5.10 Å². The Balaban J connectivity index is 1.79. The van der Waals surface area contributed by atoms with Crippen LogP contribution in [0.4, 0.5) is 0 Å². The Kier molecular flexibility index (Phi) is 4.30. The first-order valence-electron chi connectivity index (χ1n) is 7.74. The Bertz CT molecular complexity index is 512. The van der Waals surface area contributed by atoms with Gasteiger partial charge in [0.25, 0.3) is 0 Å². The van der Waals surface area contributed by atoms with Gasteiger partial charge in [0.15, 0.2) is 5.96 Å². The monoisotopic (exact) mass is 291 g/mol. The van der Waals surface area contributed by atoms with Gasteiger partial charge in [0.2, 0.25) is 0 Å². The average molecular weight is 291 g/mol. The molecule has 0 atom stereocenters. The van der Waals surface area contributed by atoms with Crippen molar-refractivity contribution in [1.82, 2.24) is 20.0 Å². The fraction of sp³-hybridized carbons (Fsp3) is 0.750. The molecule has 5 nitrogen and oxygen atoms in total. The van der Waals surface area contributed by atoms with Crippen molar-refractivity contribution in [2.75, 3.05) is 20.1 Å². The van der Waals surface area contributed by atoms with Crippen molar-refractivity contribution in [3.05, 3.63) is 18.0 Å². The lowest BCUT2D eigenvalue weighted by Gasteiger charge is -2.62. The molecule has 0 aliphatic carbocycles. The van der Waals surface area contributed by atoms with Crippen molar-refractivity contribution in [2.24, 2.45) is 17.5 Å². The highest BCUT2D eigenvalue weighted by Crippen LogP contribution is 2.46. The van der Waals surface area contributed by atoms with Crippen LogP contribution in [0.25, 0.3) is 0 Å². The second-order valence-electron chi connectivity index (χ2n) is 7.13. The lowest BCUT2D eigenvalue weighted by molar-refractivity contribution is -0.0667. The second kappa shape index (κ2) is 5.70. The van der Waals surface area contributed by atoms with Crippen molar-refractivity contribution in [1.29, 1.82) is 0 Å². The van der Waals surface area contributed by atoms with E-state index in [0.717, 1.165) is 31.9 Å². The van der Waals surface area contributed by atoms with Crippen LogP contribution in [0, 0.1) is 5.41 Å². The van der Waals surface area contributed by atoms with Crippen LogP contribution in [0.15, 0.2) is 17.4 Å². The molecule has 0 amide bonds. The highest BCUT2D eigenvalue weighted by Gasteiger charge is 2.53. The molecule has 5 heteroatoms. The van der Waals surface area contributed by atoms with Gasteiger partial charge in [-0.15, -0.1) is 0 Å². The van der Waals surface area contributed by atoms with Crippen molar-refractivity contribution in [3.8, 4) is 0 Å². The van der Waals surface area contributed by atoms with E-state index < -0.39 is 0 Å². The first-order chi connectivity index (χ1) is 9.78. The molecule has 1 aliphatic rings. The van der Waals surface area contributed by atoms with Crippen molar-refractivity contribution in [3.63, 3.8) is 0 Å².